The van der Waals surface area contributed by atoms with Gasteiger partial charge < -0.3 is 0 Å². The molecule has 0 aliphatic heterocycles. The number of aryl methyl sites for hydroxylation is 2. The molecule has 0 saturated heterocycles. The van der Waals surface area contributed by atoms with Gasteiger partial charge in [0.2, 0.25) is 0 Å². The van der Waals surface area contributed by atoms with E-state index in [9.17, 15) is 4.39 Å². The minimum atomic E-state index is -0.230. The van der Waals surface area contributed by atoms with Gasteiger partial charge in [0.05, 0.1) is 4.83 Å². The van der Waals surface area contributed by atoms with Gasteiger partial charge in [-0.3, -0.25) is 0 Å². The van der Waals surface area contributed by atoms with Gasteiger partial charge in [-0.05, 0) is 42.7 Å². The Morgan fingerprint density at radius 3 is 2.39 bits per heavy atom. The highest BCUT2D eigenvalue weighted by Crippen LogP contribution is 2.37. The van der Waals surface area contributed by atoms with Crippen LogP contribution in [-0.2, 0) is 0 Å². The van der Waals surface area contributed by atoms with Crippen LogP contribution < -0.4 is 0 Å². The third-order valence-electron chi connectivity index (χ3n) is 2.94. The molecule has 0 radical (unpaired) electrons. The maximum absolute atomic E-state index is 13.1. The van der Waals surface area contributed by atoms with Crippen LogP contribution in [0.1, 0.15) is 27.1 Å². The number of hydrogen-bond donors (Lipinski definition) is 0. The monoisotopic (exact) mass is 370 g/mol. The Morgan fingerprint density at radius 1 is 1.00 bits per heavy atom. The Kier molecular flexibility index (Phi) is 4.23. The van der Waals surface area contributed by atoms with Crippen LogP contribution >= 0.6 is 31.9 Å². The molecule has 1 atom stereocenters. The molecule has 1 unspecified atom stereocenters. The van der Waals surface area contributed by atoms with Gasteiger partial charge in [-0.25, -0.2) is 4.39 Å². The van der Waals surface area contributed by atoms with E-state index >= 15 is 0 Å². The first kappa shape index (κ1) is 13.8. The number of rotatable bonds is 2. The second-order valence-electron chi connectivity index (χ2n) is 4.39. The van der Waals surface area contributed by atoms with E-state index in [4.69, 9.17) is 0 Å². The van der Waals surface area contributed by atoms with Crippen molar-refractivity contribution in [3.63, 3.8) is 0 Å². The second-order valence-corrected chi connectivity index (χ2v) is 6.16. The molecule has 0 aromatic heterocycles. The van der Waals surface area contributed by atoms with E-state index in [1.807, 2.05) is 0 Å². The van der Waals surface area contributed by atoms with Crippen molar-refractivity contribution in [3.05, 3.63) is 68.9 Å². The van der Waals surface area contributed by atoms with Crippen molar-refractivity contribution in [2.45, 2.75) is 18.7 Å². The van der Waals surface area contributed by atoms with Gasteiger partial charge in [0.1, 0.15) is 5.82 Å². The first-order valence-electron chi connectivity index (χ1n) is 5.65. The Morgan fingerprint density at radius 2 is 1.72 bits per heavy atom. The van der Waals surface area contributed by atoms with Gasteiger partial charge in [0, 0.05) is 4.47 Å². The summed E-state index contributed by atoms with van der Waals surface area (Å²) in [5.41, 5.74) is 4.68. The van der Waals surface area contributed by atoms with Gasteiger partial charge >= 0.3 is 0 Å². The zero-order chi connectivity index (χ0) is 13.3. The third kappa shape index (κ3) is 2.83. The lowest BCUT2D eigenvalue weighted by molar-refractivity contribution is 0.626. The fourth-order valence-electron chi connectivity index (χ4n) is 1.91. The fourth-order valence-corrected chi connectivity index (χ4v) is 3.69. The molecule has 2 aromatic rings. The minimum Gasteiger partial charge on any atom is -0.207 e. The third-order valence-corrected chi connectivity index (χ3v) is 4.62. The Balaban J connectivity index is 2.47. The molecular formula is C15H13Br2F. The van der Waals surface area contributed by atoms with Crippen molar-refractivity contribution in [2.24, 2.45) is 0 Å². The molecule has 0 fully saturated rings. The summed E-state index contributed by atoms with van der Waals surface area (Å²) < 4.78 is 13.9. The van der Waals surface area contributed by atoms with Crippen LogP contribution in [0.4, 0.5) is 4.39 Å². The number of halogens is 3. The summed E-state index contributed by atoms with van der Waals surface area (Å²) in [5.74, 6) is -0.230. The number of hydrogen-bond acceptors (Lipinski definition) is 0. The van der Waals surface area contributed by atoms with Crippen molar-refractivity contribution in [1.82, 2.24) is 0 Å². The Bertz CT molecular complexity index is 579. The lowest BCUT2D eigenvalue weighted by Crippen LogP contribution is -1.98. The highest BCUT2D eigenvalue weighted by atomic mass is 79.9. The molecule has 2 aromatic carbocycles. The van der Waals surface area contributed by atoms with Crippen LogP contribution in [0.2, 0.25) is 0 Å². The molecule has 0 saturated carbocycles. The van der Waals surface area contributed by atoms with Crippen LogP contribution in [0, 0.1) is 19.7 Å². The molecule has 3 heteroatoms. The molecule has 0 heterocycles. The van der Waals surface area contributed by atoms with E-state index in [0.717, 1.165) is 10.0 Å². The van der Waals surface area contributed by atoms with E-state index < -0.39 is 0 Å². The summed E-state index contributed by atoms with van der Waals surface area (Å²) in [5, 5.41) is 0. The molecule has 94 valence electrons. The summed E-state index contributed by atoms with van der Waals surface area (Å²) in [6, 6.07) is 11.1. The molecular weight excluding hydrogens is 359 g/mol. The normalized spacial score (nSPS) is 12.5. The van der Waals surface area contributed by atoms with Crippen molar-refractivity contribution in [2.75, 3.05) is 0 Å². The SMILES string of the molecule is Cc1ccc(C)c(C(Br)c2ccc(F)cc2Br)c1. The van der Waals surface area contributed by atoms with Crippen molar-refractivity contribution < 1.29 is 4.39 Å². The highest BCUT2D eigenvalue weighted by molar-refractivity contribution is 9.11. The van der Waals surface area contributed by atoms with Crippen molar-refractivity contribution >= 4 is 31.9 Å². The van der Waals surface area contributed by atoms with E-state index in [1.165, 1.54) is 28.8 Å². The van der Waals surface area contributed by atoms with E-state index in [2.05, 4.69) is 63.9 Å². The molecule has 18 heavy (non-hydrogen) atoms. The zero-order valence-electron chi connectivity index (χ0n) is 10.2. The highest BCUT2D eigenvalue weighted by Gasteiger charge is 2.16. The van der Waals surface area contributed by atoms with E-state index in [0.29, 0.717) is 0 Å². The molecule has 2 rings (SSSR count). The van der Waals surface area contributed by atoms with Crippen molar-refractivity contribution in [3.8, 4) is 0 Å². The predicted octanol–water partition coefficient (Wildman–Crippen LogP) is 5.69. The summed E-state index contributed by atoms with van der Waals surface area (Å²) in [6.45, 7) is 4.16. The minimum absolute atomic E-state index is 0.0624. The topological polar surface area (TPSA) is 0 Å². The standard InChI is InChI=1S/C15H13Br2F/c1-9-3-4-10(2)13(7-9)15(17)12-6-5-11(18)8-14(12)16/h3-8,15H,1-2H3. The molecule has 0 amide bonds. The first-order valence-corrected chi connectivity index (χ1v) is 7.36. The van der Waals surface area contributed by atoms with Crippen LogP contribution in [0.5, 0.6) is 0 Å². The maximum atomic E-state index is 13.1. The predicted molar refractivity (Wildman–Crippen MR) is 80.8 cm³/mol. The Hall–Kier alpha value is -0.670. The van der Waals surface area contributed by atoms with Gasteiger partial charge in [-0.2, -0.15) is 0 Å². The maximum Gasteiger partial charge on any atom is 0.124 e. The molecule has 0 aliphatic carbocycles. The van der Waals surface area contributed by atoms with E-state index in [-0.39, 0.29) is 10.6 Å². The molecule has 0 nitrogen and oxygen atoms in total. The summed E-state index contributed by atoms with van der Waals surface area (Å²) in [7, 11) is 0. The number of alkyl halides is 1. The van der Waals surface area contributed by atoms with Crippen molar-refractivity contribution in [1.29, 1.82) is 0 Å². The first-order chi connectivity index (χ1) is 8.49. The van der Waals surface area contributed by atoms with Crippen LogP contribution in [0.25, 0.3) is 0 Å². The fraction of sp³-hybridized carbons (Fsp3) is 0.200. The smallest absolute Gasteiger partial charge is 0.124 e. The molecule has 0 spiro atoms. The Labute approximate surface area is 123 Å². The van der Waals surface area contributed by atoms with Gasteiger partial charge in [-0.15, -0.1) is 0 Å². The largest absolute Gasteiger partial charge is 0.207 e. The lowest BCUT2D eigenvalue weighted by Gasteiger charge is -2.16. The lowest BCUT2D eigenvalue weighted by atomic mass is 9.98. The van der Waals surface area contributed by atoms with Gasteiger partial charge in [-0.1, -0.05) is 61.7 Å². The second kappa shape index (κ2) is 5.54. The average Bonchev–Trinajstić information content (AvgIpc) is 2.31. The average molecular weight is 372 g/mol. The van der Waals surface area contributed by atoms with Gasteiger partial charge in [0.15, 0.2) is 0 Å². The van der Waals surface area contributed by atoms with Gasteiger partial charge in [0.25, 0.3) is 0 Å². The van der Waals surface area contributed by atoms with Crippen LogP contribution in [-0.4, -0.2) is 0 Å². The van der Waals surface area contributed by atoms with Crippen LogP contribution in [0.15, 0.2) is 40.9 Å². The molecule has 0 N–H and O–H groups in total. The summed E-state index contributed by atoms with van der Waals surface area (Å²) >= 11 is 7.12. The van der Waals surface area contributed by atoms with E-state index in [1.54, 1.807) is 6.07 Å². The van der Waals surface area contributed by atoms with Crippen LogP contribution in [0.3, 0.4) is 0 Å². The zero-order valence-corrected chi connectivity index (χ0v) is 13.3. The molecule has 0 bridgehead atoms. The summed E-state index contributed by atoms with van der Waals surface area (Å²) in [4.78, 5) is 0.0624. The quantitative estimate of drug-likeness (QED) is 0.595. The summed E-state index contributed by atoms with van der Waals surface area (Å²) in [6.07, 6.45) is 0. The number of benzene rings is 2. The molecule has 0 aliphatic rings.